The van der Waals surface area contributed by atoms with E-state index in [0.29, 0.717) is 45.7 Å². The summed E-state index contributed by atoms with van der Waals surface area (Å²) >= 11 is 1.28. The first-order chi connectivity index (χ1) is 17.8. The summed E-state index contributed by atoms with van der Waals surface area (Å²) < 4.78 is 19.7. The minimum atomic E-state index is -0.359. The van der Waals surface area contributed by atoms with Crippen molar-refractivity contribution in [2.24, 2.45) is 0 Å². The Hall–Kier alpha value is -3.82. The van der Waals surface area contributed by atoms with Gasteiger partial charge in [-0.15, -0.1) is 0 Å². The topological polar surface area (TPSA) is 97.2 Å². The Morgan fingerprint density at radius 2 is 1.81 bits per heavy atom. The summed E-state index contributed by atoms with van der Waals surface area (Å²) in [5, 5.41) is 13.4. The quantitative estimate of drug-likeness (QED) is 0.226. The number of thioether (sulfide) groups is 1. The van der Waals surface area contributed by atoms with Crippen LogP contribution in [0.3, 0.4) is 0 Å². The van der Waals surface area contributed by atoms with E-state index in [-0.39, 0.29) is 24.1 Å². The number of aryl methyl sites for hydroxylation is 3. The molecule has 7 nitrogen and oxygen atoms in total. The van der Waals surface area contributed by atoms with Gasteiger partial charge in [0.2, 0.25) is 11.8 Å². The van der Waals surface area contributed by atoms with Crippen molar-refractivity contribution in [3.63, 3.8) is 0 Å². The SMILES string of the molecule is Cc1cc(C)cc(NC(=O)CSc2nc(-c3ccc(F)cc3)nc3c2Cc2c(CO)cnc(C)c2O3)c1. The van der Waals surface area contributed by atoms with Crippen LogP contribution in [0.25, 0.3) is 11.4 Å². The van der Waals surface area contributed by atoms with Crippen LogP contribution in [0.4, 0.5) is 10.1 Å². The highest BCUT2D eigenvalue weighted by molar-refractivity contribution is 8.00. The van der Waals surface area contributed by atoms with Gasteiger partial charge in [0, 0.05) is 35.0 Å². The number of hydrogen-bond donors (Lipinski definition) is 2. The largest absolute Gasteiger partial charge is 0.436 e. The van der Waals surface area contributed by atoms with Crippen molar-refractivity contribution in [3.05, 3.63) is 88.0 Å². The fraction of sp³-hybridized carbons (Fsp3) is 0.214. The van der Waals surface area contributed by atoms with Crippen molar-refractivity contribution in [3.8, 4) is 23.0 Å². The number of carbonyl (C=O) groups excluding carboxylic acids is 1. The summed E-state index contributed by atoms with van der Waals surface area (Å²) in [5.74, 6) is 0.879. The number of nitrogens with zero attached hydrogens (tertiary/aromatic N) is 3. The van der Waals surface area contributed by atoms with E-state index < -0.39 is 0 Å². The molecule has 0 aliphatic carbocycles. The molecule has 0 unspecified atom stereocenters. The van der Waals surface area contributed by atoms with Crippen molar-refractivity contribution in [2.45, 2.75) is 38.8 Å². The molecule has 0 radical (unpaired) electrons. The molecular weight excluding hydrogens is 491 g/mol. The highest BCUT2D eigenvalue weighted by Gasteiger charge is 2.28. The van der Waals surface area contributed by atoms with Crippen LogP contribution in [-0.2, 0) is 17.8 Å². The van der Waals surface area contributed by atoms with Gasteiger partial charge in [0.15, 0.2) is 11.6 Å². The van der Waals surface area contributed by atoms with Crippen LogP contribution in [0.15, 0.2) is 53.7 Å². The first kappa shape index (κ1) is 24.9. The molecule has 1 aliphatic heterocycles. The molecule has 3 heterocycles. The predicted molar refractivity (Wildman–Crippen MR) is 140 cm³/mol. The number of aromatic nitrogens is 3. The van der Waals surface area contributed by atoms with Gasteiger partial charge >= 0.3 is 0 Å². The molecule has 0 saturated carbocycles. The number of aliphatic hydroxyl groups is 1. The van der Waals surface area contributed by atoms with Crippen LogP contribution in [0.5, 0.6) is 11.6 Å². The molecule has 2 aromatic heterocycles. The zero-order valence-corrected chi connectivity index (χ0v) is 21.4. The normalized spacial score (nSPS) is 11.9. The van der Waals surface area contributed by atoms with Gasteiger partial charge in [-0.05, 0) is 68.3 Å². The molecule has 2 aromatic carbocycles. The Bertz CT molecular complexity index is 1490. The molecular formula is C28H25FN4O3S. The Balaban J connectivity index is 1.48. The third-order valence-corrected chi connectivity index (χ3v) is 7.02. The second-order valence-corrected chi connectivity index (χ2v) is 9.93. The molecule has 1 amide bonds. The molecule has 0 spiro atoms. The fourth-order valence-electron chi connectivity index (χ4n) is 4.32. The Labute approximate surface area is 218 Å². The Morgan fingerprint density at radius 1 is 1.08 bits per heavy atom. The second kappa shape index (κ2) is 10.3. The van der Waals surface area contributed by atoms with Crippen molar-refractivity contribution < 1.29 is 19.0 Å². The average molecular weight is 517 g/mol. The molecule has 188 valence electrons. The average Bonchev–Trinajstić information content (AvgIpc) is 2.86. The van der Waals surface area contributed by atoms with Crippen molar-refractivity contribution in [2.75, 3.05) is 11.1 Å². The molecule has 1 aliphatic rings. The van der Waals surface area contributed by atoms with E-state index >= 15 is 0 Å². The van der Waals surface area contributed by atoms with Crippen molar-refractivity contribution in [1.82, 2.24) is 15.0 Å². The number of benzene rings is 2. The van der Waals surface area contributed by atoms with Crippen LogP contribution < -0.4 is 10.1 Å². The van der Waals surface area contributed by atoms with Crippen LogP contribution in [-0.4, -0.2) is 31.7 Å². The number of aliphatic hydroxyl groups excluding tert-OH is 1. The Kier molecular flexibility index (Phi) is 6.90. The third-order valence-electron chi connectivity index (χ3n) is 6.01. The lowest BCUT2D eigenvalue weighted by Gasteiger charge is -2.24. The first-order valence-electron chi connectivity index (χ1n) is 11.7. The Morgan fingerprint density at radius 3 is 2.51 bits per heavy atom. The molecule has 5 rings (SSSR count). The van der Waals surface area contributed by atoms with E-state index in [2.05, 4.69) is 15.3 Å². The number of halogens is 1. The standard InChI is InChI=1S/C28H25FN4O3S/c1-15-8-16(2)10-21(9-15)31-24(35)14-37-28-23-11-22-19(13-34)12-30-17(3)25(22)36-27(23)32-26(33-28)18-4-6-20(29)7-5-18/h4-10,12,34H,11,13-14H2,1-3H3,(H,31,35). The molecule has 0 saturated heterocycles. The monoisotopic (exact) mass is 516 g/mol. The molecule has 37 heavy (non-hydrogen) atoms. The van der Waals surface area contributed by atoms with Gasteiger partial charge in [-0.2, -0.15) is 4.98 Å². The zero-order valence-electron chi connectivity index (χ0n) is 20.6. The number of amides is 1. The minimum absolute atomic E-state index is 0.119. The maximum absolute atomic E-state index is 13.5. The molecule has 0 fully saturated rings. The summed E-state index contributed by atoms with van der Waals surface area (Å²) in [7, 11) is 0. The number of nitrogens with one attached hydrogen (secondary N) is 1. The van der Waals surface area contributed by atoms with E-state index in [9.17, 15) is 14.3 Å². The third kappa shape index (κ3) is 5.33. The predicted octanol–water partition coefficient (Wildman–Crippen LogP) is 5.52. The van der Waals surface area contributed by atoms with Crippen molar-refractivity contribution in [1.29, 1.82) is 0 Å². The number of fused-ring (bicyclic) bond motifs is 2. The van der Waals surface area contributed by atoms with E-state index in [1.165, 1.54) is 23.9 Å². The lowest BCUT2D eigenvalue weighted by Crippen LogP contribution is -2.16. The molecule has 2 N–H and O–H groups in total. The maximum atomic E-state index is 13.5. The van der Waals surface area contributed by atoms with Gasteiger partial charge in [-0.1, -0.05) is 17.8 Å². The van der Waals surface area contributed by atoms with E-state index in [0.717, 1.165) is 27.9 Å². The van der Waals surface area contributed by atoms with Gasteiger partial charge in [0.25, 0.3) is 0 Å². The number of ether oxygens (including phenoxy) is 1. The van der Waals surface area contributed by atoms with Crippen molar-refractivity contribution >= 4 is 23.4 Å². The molecule has 9 heteroatoms. The maximum Gasteiger partial charge on any atom is 0.234 e. The van der Waals surface area contributed by atoms with Crippen LogP contribution in [0.2, 0.25) is 0 Å². The first-order valence-corrected chi connectivity index (χ1v) is 12.7. The summed E-state index contributed by atoms with van der Waals surface area (Å²) in [5.41, 5.74) is 6.39. The zero-order chi connectivity index (χ0) is 26.1. The lowest BCUT2D eigenvalue weighted by molar-refractivity contribution is -0.113. The highest BCUT2D eigenvalue weighted by atomic mass is 32.2. The number of rotatable bonds is 6. The van der Waals surface area contributed by atoms with Crippen LogP contribution >= 0.6 is 11.8 Å². The van der Waals surface area contributed by atoms with Gasteiger partial charge in [-0.25, -0.2) is 9.37 Å². The van der Waals surface area contributed by atoms with Crippen LogP contribution in [0, 0.1) is 26.6 Å². The van der Waals surface area contributed by atoms with Gasteiger partial charge in [-0.3, -0.25) is 9.78 Å². The minimum Gasteiger partial charge on any atom is -0.436 e. The summed E-state index contributed by atoms with van der Waals surface area (Å²) in [6.07, 6.45) is 2.06. The summed E-state index contributed by atoms with van der Waals surface area (Å²) in [4.78, 5) is 26.5. The van der Waals surface area contributed by atoms with Gasteiger partial charge in [0.1, 0.15) is 10.8 Å². The number of carbonyl (C=O) groups is 1. The summed E-state index contributed by atoms with van der Waals surface area (Å²) in [6, 6.07) is 11.8. The van der Waals surface area contributed by atoms with Crippen LogP contribution in [0.1, 0.15) is 33.5 Å². The fourth-order valence-corrected chi connectivity index (χ4v) is 5.14. The lowest BCUT2D eigenvalue weighted by atomic mass is 9.99. The number of hydrogen-bond acceptors (Lipinski definition) is 7. The number of anilines is 1. The van der Waals surface area contributed by atoms with E-state index in [1.807, 2.05) is 39.0 Å². The van der Waals surface area contributed by atoms with E-state index in [1.54, 1.807) is 18.3 Å². The number of pyridine rings is 1. The smallest absolute Gasteiger partial charge is 0.234 e. The summed E-state index contributed by atoms with van der Waals surface area (Å²) in [6.45, 7) is 5.62. The van der Waals surface area contributed by atoms with Gasteiger partial charge in [0.05, 0.1) is 23.6 Å². The van der Waals surface area contributed by atoms with Gasteiger partial charge < -0.3 is 15.2 Å². The molecule has 0 bridgehead atoms. The second-order valence-electron chi connectivity index (χ2n) is 8.97. The molecule has 4 aromatic rings. The molecule has 0 atom stereocenters. The van der Waals surface area contributed by atoms with E-state index in [4.69, 9.17) is 9.72 Å². The highest BCUT2D eigenvalue weighted by Crippen LogP contribution is 2.42.